The quantitative estimate of drug-likeness (QED) is 0.484. The monoisotopic (exact) mass is 390 g/mol. The minimum Gasteiger partial charge on any atom is -0.458 e. The smallest absolute Gasteiger partial charge is 0.329 e. The normalized spacial score (nSPS) is 12.0. The molecule has 4 heteroatoms. The summed E-state index contributed by atoms with van der Waals surface area (Å²) in [6.45, 7) is 6.42. The Kier molecular flexibility index (Phi) is 7.12. The fourth-order valence-electron chi connectivity index (χ4n) is 3.30. The van der Waals surface area contributed by atoms with Gasteiger partial charge in [0.1, 0.15) is 12.6 Å². The number of ether oxygens (including phenoxy) is 1. The zero-order chi connectivity index (χ0) is 20.6. The van der Waals surface area contributed by atoms with Crippen LogP contribution in [0.3, 0.4) is 0 Å². The lowest BCUT2D eigenvalue weighted by molar-refractivity contribution is -0.147. The van der Waals surface area contributed by atoms with Crippen molar-refractivity contribution in [2.24, 2.45) is 5.92 Å². The van der Waals surface area contributed by atoms with Crippen LogP contribution in [-0.2, 0) is 29.0 Å². The van der Waals surface area contributed by atoms with Gasteiger partial charge < -0.3 is 15.0 Å². The molecule has 1 aromatic heterocycles. The van der Waals surface area contributed by atoms with Crippen molar-refractivity contribution in [2.45, 2.75) is 46.3 Å². The molecule has 29 heavy (non-hydrogen) atoms. The number of aromatic nitrogens is 1. The molecular formula is C25H30N2O2. The van der Waals surface area contributed by atoms with Crippen LogP contribution in [0.1, 0.15) is 43.2 Å². The van der Waals surface area contributed by atoms with E-state index in [2.05, 4.69) is 41.5 Å². The number of hydrogen-bond acceptors (Lipinski definition) is 3. The summed E-state index contributed by atoms with van der Waals surface area (Å²) in [7, 11) is 0. The highest BCUT2D eigenvalue weighted by Gasteiger charge is 2.24. The number of anilines is 1. The molecule has 0 aliphatic carbocycles. The van der Waals surface area contributed by atoms with Crippen LogP contribution < -0.4 is 5.32 Å². The summed E-state index contributed by atoms with van der Waals surface area (Å²) < 4.78 is 5.67. The van der Waals surface area contributed by atoms with Crippen LogP contribution in [0.2, 0.25) is 0 Å². The van der Waals surface area contributed by atoms with Gasteiger partial charge in [0.2, 0.25) is 0 Å². The number of esters is 1. The van der Waals surface area contributed by atoms with Gasteiger partial charge in [-0.15, -0.1) is 0 Å². The first-order valence-electron chi connectivity index (χ1n) is 10.3. The highest BCUT2D eigenvalue weighted by atomic mass is 16.5. The lowest BCUT2D eigenvalue weighted by Gasteiger charge is -2.22. The third-order valence-corrected chi connectivity index (χ3v) is 5.13. The second-order valence-electron chi connectivity index (χ2n) is 7.67. The van der Waals surface area contributed by atoms with Crippen molar-refractivity contribution in [2.75, 3.05) is 5.32 Å². The number of aryl methyl sites for hydroxylation is 1. The molecule has 0 fully saturated rings. The maximum absolute atomic E-state index is 12.8. The molecule has 0 aliphatic heterocycles. The summed E-state index contributed by atoms with van der Waals surface area (Å²) in [4.78, 5) is 16.0. The molecule has 0 saturated carbocycles. The maximum Gasteiger partial charge on any atom is 0.329 e. The van der Waals surface area contributed by atoms with E-state index in [4.69, 9.17) is 4.74 Å². The summed E-state index contributed by atoms with van der Waals surface area (Å²) in [6.07, 6.45) is 3.71. The van der Waals surface area contributed by atoms with Crippen molar-refractivity contribution in [1.29, 1.82) is 0 Å². The van der Waals surface area contributed by atoms with Gasteiger partial charge in [0.15, 0.2) is 0 Å². The summed E-state index contributed by atoms with van der Waals surface area (Å²) in [6, 6.07) is 20.1. The zero-order valence-corrected chi connectivity index (χ0v) is 17.4. The van der Waals surface area contributed by atoms with E-state index in [9.17, 15) is 4.79 Å². The van der Waals surface area contributed by atoms with E-state index in [1.54, 1.807) is 0 Å². The highest BCUT2D eigenvalue weighted by Crippen LogP contribution is 2.18. The molecule has 3 aromatic rings. The van der Waals surface area contributed by atoms with E-state index in [1.165, 1.54) is 11.1 Å². The zero-order valence-electron chi connectivity index (χ0n) is 17.4. The van der Waals surface area contributed by atoms with Gasteiger partial charge in [-0.05, 0) is 53.6 Å². The van der Waals surface area contributed by atoms with Gasteiger partial charge in [-0.2, -0.15) is 0 Å². The molecule has 152 valence electrons. The van der Waals surface area contributed by atoms with Crippen LogP contribution in [0.5, 0.6) is 0 Å². The van der Waals surface area contributed by atoms with Gasteiger partial charge in [0, 0.05) is 11.9 Å². The largest absolute Gasteiger partial charge is 0.458 e. The van der Waals surface area contributed by atoms with Crippen molar-refractivity contribution in [3.05, 3.63) is 89.2 Å². The molecule has 0 spiro atoms. The van der Waals surface area contributed by atoms with E-state index in [1.807, 2.05) is 56.4 Å². The van der Waals surface area contributed by atoms with Gasteiger partial charge >= 0.3 is 5.97 Å². The molecule has 0 bridgehead atoms. The van der Waals surface area contributed by atoms with E-state index >= 15 is 0 Å². The average molecular weight is 391 g/mol. The Morgan fingerprint density at radius 2 is 1.72 bits per heavy atom. The first-order chi connectivity index (χ1) is 14.1. The van der Waals surface area contributed by atoms with Crippen LogP contribution in [0.4, 0.5) is 5.69 Å². The molecule has 1 atom stereocenters. The molecule has 0 radical (unpaired) electrons. The third kappa shape index (κ3) is 5.74. The number of aromatic amines is 1. The third-order valence-electron chi connectivity index (χ3n) is 5.13. The lowest BCUT2D eigenvalue weighted by atomic mass is 10.0. The Morgan fingerprint density at radius 3 is 2.38 bits per heavy atom. The second kappa shape index (κ2) is 9.97. The van der Waals surface area contributed by atoms with Gasteiger partial charge in [0.25, 0.3) is 0 Å². The Hall–Kier alpha value is -3.01. The van der Waals surface area contributed by atoms with Crippen LogP contribution >= 0.6 is 0 Å². The minimum absolute atomic E-state index is 0.112. The lowest BCUT2D eigenvalue weighted by Crippen LogP contribution is -2.36. The molecule has 2 aromatic carbocycles. The first-order valence-corrected chi connectivity index (χ1v) is 10.3. The fraction of sp³-hybridized carbons (Fsp3) is 0.320. The SMILES string of the molecule is CCc1ccc(NC(C(=O)OCc2[nH]ccc2Cc2ccccc2)C(C)C)cc1. The Balaban J connectivity index is 1.61. The van der Waals surface area contributed by atoms with Gasteiger partial charge in [-0.1, -0.05) is 63.2 Å². The van der Waals surface area contributed by atoms with E-state index < -0.39 is 6.04 Å². The molecular weight excluding hydrogens is 360 g/mol. The van der Waals surface area contributed by atoms with Gasteiger partial charge in [-0.3, -0.25) is 0 Å². The standard InChI is InChI=1S/C25H30N2O2/c1-4-19-10-12-22(13-11-19)27-24(18(2)3)25(28)29-17-23-21(14-15-26-23)16-20-8-6-5-7-9-20/h5-15,18,24,26-27H,4,16-17H2,1-3H3. The van der Waals surface area contributed by atoms with Gasteiger partial charge in [-0.25, -0.2) is 4.79 Å². The molecule has 1 unspecified atom stereocenters. The number of nitrogens with one attached hydrogen (secondary N) is 2. The highest BCUT2D eigenvalue weighted by molar-refractivity contribution is 5.79. The predicted octanol–water partition coefficient (Wildman–Crippen LogP) is 5.35. The summed E-state index contributed by atoms with van der Waals surface area (Å²) in [5, 5.41) is 3.33. The van der Waals surface area contributed by atoms with Crippen molar-refractivity contribution in [3.8, 4) is 0 Å². The van der Waals surface area contributed by atoms with Crippen molar-refractivity contribution < 1.29 is 9.53 Å². The summed E-state index contributed by atoms with van der Waals surface area (Å²) in [5.74, 6) is -0.124. The van der Waals surface area contributed by atoms with Crippen molar-refractivity contribution in [3.63, 3.8) is 0 Å². The van der Waals surface area contributed by atoms with Crippen molar-refractivity contribution >= 4 is 11.7 Å². The van der Waals surface area contributed by atoms with Gasteiger partial charge in [0.05, 0.1) is 5.69 Å². The number of hydrogen-bond donors (Lipinski definition) is 2. The first kappa shape index (κ1) is 20.7. The number of rotatable bonds is 9. The van der Waals surface area contributed by atoms with E-state index in [-0.39, 0.29) is 18.5 Å². The topological polar surface area (TPSA) is 54.1 Å². The minimum atomic E-state index is -0.394. The summed E-state index contributed by atoms with van der Waals surface area (Å²) in [5.41, 5.74) is 5.53. The predicted molar refractivity (Wildman–Crippen MR) is 118 cm³/mol. The molecule has 2 N–H and O–H groups in total. The summed E-state index contributed by atoms with van der Waals surface area (Å²) >= 11 is 0. The molecule has 0 amide bonds. The second-order valence-corrected chi connectivity index (χ2v) is 7.67. The van der Waals surface area contributed by atoms with Crippen LogP contribution in [0.25, 0.3) is 0 Å². The maximum atomic E-state index is 12.8. The Labute approximate surface area is 173 Å². The fourth-order valence-corrected chi connectivity index (χ4v) is 3.30. The molecule has 1 heterocycles. The average Bonchev–Trinajstić information content (AvgIpc) is 3.18. The number of H-pyrrole nitrogens is 1. The molecule has 3 rings (SSSR count). The molecule has 0 saturated heterocycles. The Bertz CT molecular complexity index is 898. The van der Waals surface area contributed by atoms with E-state index in [0.29, 0.717) is 0 Å². The molecule has 4 nitrogen and oxygen atoms in total. The van der Waals surface area contributed by atoms with Crippen LogP contribution in [0.15, 0.2) is 66.9 Å². The van der Waals surface area contributed by atoms with E-state index in [0.717, 1.165) is 29.8 Å². The number of benzene rings is 2. The number of carbonyl (C=O) groups is 1. The number of carbonyl (C=O) groups excluding carboxylic acids is 1. The van der Waals surface area contributed by atoms with Crippen LogP contribution in [0, 0.1) is 5.92 Å². The molecule has 0 aliphatic rings. The van der Waals surface area contributed by atoms with Crippen molar-refractivity contribution in [1.82, 2.24) is 4.98 Å². The van der Waals surface area contributed by atoms with Crippen LogP contribution in [-0.4, -0.2) is 17.0 Å². The Morgan fingerprint density at radius 1 is 1.00 bits per heavy atom.